The summed E-state index contributed by atoms with van der Waals surface area (Å²) in [6.45, 7) is 1.32. The molecule has 0 aromatic heterocycles. The van der Waals surface area contributed by atoms with Crippen LogP contribution >= 0.6 is 71.2 Å². The van der Waals surface area contributed by atoms with Crippen LogP contribution in [0.5, 0.6) is 11.5 Å². The van der Waals surface area contributed by atoms with E-state index in [4.69, 9.17) is 31.5 Å². The molecular weight excluding hydrogens is 606 g/mol. The summed E-state index contributed by atoms with van der Waals surface area (Å²) < 4.78 is 11.4. The Hall–Kier alpha value is -1.20. The maximum atomic E-state index is 8.81. The Morgan fingerprint density at radius 2 is 0.947 bits per heavy atom. The molecule has 0 heterocycles. The van der Waals surface area contributed by atoms with Crippen molar-refractivity contribution < 1.29 is 9.47 Å². The van der Waals surface area contributed by atoms with Gasteiger partial charge in [0.2, 0.25) is 0 Å². The number of nitrogens with two attached hydrogens (primary N) is 2. The number of hydrogen-bond acceptors (Lipinski definition) is 8. The predicted octanol–water partition coefficient (Wildman–Crippen LogP) is 6.95. The molecule has 0 bridgehead atoms. The van der Waals surface area contributed by atoms with Crippen LogP contribution in [0.2, 0.25) is 0 Å². The molecule has 12 heteroatoms. The summed E-state index contributed by atoms with van der Waals surface area (Å²) in [7, 11) is 3.61. The van der Waals surface area contributed by atoms with Crippen molar-refractivity contribution in [2.24, 2.45) is 11.5 Å². The maximum Gasteiger partial charge on any atom is 0.119 e. The van der Waals surface area contributed by atoms with E-state index in [1.54, 1.807) is 45.9 Å². The van der Waals surface area contributed by atoms with Crippen molar-refractivity contribution in [2.75, 3.05) is 24.7 Å². The van der Waals surface area contributed by atoms with Crippen molar-refractivity contribution in [3.8, 4) is 23.6 Å². The molecule has 0 saturated heterocycles. The number of rotatable bonds is 17. The van der Waals surface area contributed by atoms with E-state index in [9.17, 15) is 0 Å². The molecule has 4 N–H and O–H groups in total. The monoisotopic (exact) mass is 642 g/mol. The van der Waals surface area contributed by atoms with Crippen molar-refractivity contribution in [1.82, 2.24) is 0 Å². The second-order valence-corrected chi connectivity index (χ2v) is 10.6. The molecule has 0 aliphatic heterocycles. The lowest BCUT2D eigenvalue weighted by atomic mass is 10.1. The number of halogens is 4. The first kappa shape index (κ1) is 41.3. The third-order valence-corrected chi connectivity index (χ3v) is 7.70. The van der Waals surface area contributed by atoms with Crippen molar-refractivity contribution in [3.63, 3.8) is 0 Å². The molecule has 0 spiro atoms. The highest BCUT2D eigenvalue weighted by Crippen LogP contribution is 2.24. The summed E-state index contributed by atoms with van der Waals surface area (Å²) in [5.74, 6) is 3.44. The summed E-state index contributed by atoms with van der Waals surface area (Å²) in [6.07, 6.45) is 5.96. The van der Waals surface area contributed by atoms with Gasteiger partial charge in [0.05, 0.1) is 36.5 Å². The Labute approximate surface area is 260 Å². The lowest BCUT2D eigenvalue weighted by Gasteiger charge is -2.13. The lowest BCUT2D eigenvalue weighted by molar-refractivity contribution is 0.303. The molecule has 2 aromatic rings. The Balaban J connectivity index is -0.00000306. The van der Waals surface area contributed by atoms with Crippen LogP contribution in [0.3, 0.4) is 0 Å². The summed E-state index contributed by atoms with van der Waals surface area (Å²) in [5, 5.41) is 17.6. The number of unbranched alkanes of at least 4 members (excludes halogenated alkanes) is 2. The first-order valence-corrected chi connectivity index (χ1v) is 14.1. The normalized spacial score (nSPS) is 11.1. The molecule has 38 heavy (non-hydrogen) atoms. The van der Waals surface area contributed by atoms with Gasteiger partial charge in [-0.25, -0.2) is 0 Å². The third kappa shape index (κ3) is 19.0. The first-order chi connectivity index (χ1) is 16.6. The zero-order valence-electron chi connectivity index (χ0n) is 21.2. The maximum absolute atomic E-state index is 8.81. The van der Waals surface area contributed by atoms with Crippen LogP contribution in [0.4, 0.5) is 0 Å². The Morgan fingerprint density at radius 1 is 0.605 bits per heavy atom. The van der Waals surface area contributed by atoms with E-state index in [0.29, 0.717) is 24.3 Å². The second-order valence-electron chi connectivity index (χ2n) is 8.05. The highest BCUT2D eigenvalue weighted by Gasteiger charge is 2.07. The van der Waals surface area contributed by atoms with Gasteiger partial charge in [-0.3, -0.25) is 0 Å². The predicted molar refractivity (Wildman–Crippen MR) is 171 cm³/mol. The van der Waals surface area contributed by atoms with E-state index in [-0.39, 0.29) is 61.7 Å². The molecule has 2 rings (SSSR count). The van der Waals surface area contributed by atoms with Gasteiger partial charge in [0, 0.05) is 23.6 Å². The molecule has 2 aromatic carbocycles. The summed E-state index contributed by atoms with van der Waals surface area (Å²) in [6, 6.07) is 18.9. The molecule has 2 atom stereocenters. The van der Waals surface area contributed by atoms with Gasteiger partial charge >= 0.3 is 0 Å². The average molecular weight is 645 g/mol. The van der Waals surface area contributed by atoms with Gasteiger partial charge in [-0.2, -0.15) is 10.5 Å². The van der Waals surface area contributed by atoms with Crippen molar-refractivity contribution >= 4 is 71.2 Å². The van der Waals surface area contributed by atoms with Crippen molar-refractivity contribution in [1.29, 1.82) is 10.5 Å². The van der Waals surface area contributed by atoms with Gasteiger partial charge in [-0.1, -0.05) is 21.6 Å². The number of ether oxygens (including phenoxy) is 2. The summed E-state index contributed by atoms with van der Waals surface area (Å²) in [4.78, 5) is 0. The molecule has 0 fully saturated rings. The molecule has 2 unspecified atom stereocenters. The lowest BCUT2D eigenvalue weighted by Crippen LogP contribution is -2.24. The number of nitriles is 2. The van der Waals surface area contributed by atoms with E-state index < -0.39 is 0 Å². The van der Waals surface area contributed by atoms with Crippen molar-refractivity contribution in [2.45, 2.75) is 50.6 Å². The molecule has 0 saturated carbocycles. The topological polar surface area (TPSA) is 118 Å². The quantitative estimate of drug-likeness (QED) is 0.140. The fourth-order valence-electron chi connectivity index (χ4n) is 3.09. The van der Waals surface area contributed by atoms with Gasteiger partial charge < -0.3 is 20.9 Å². The largest absolute Gasteiger partial charge is 0.494 e. The smallest absolute Gasteiger partial charge is 0.119 e. The Bertz CT molecular complexity index is 838. The number of benzene rings is 2. The summed E-state index contributed by atoms with van der Waals surface area (Å²) >= 11 is 0. The minimum absolute atomic E-state index is 0. The van der Waals surface area contributed by atoms with Crippen LogP contribution in [0, 0.1) is 22.7 Å². The van der Waals surface area contributed by atoms with Gasteiger partial charge in [-0.05, 0) is 87.1 Å². The molecule has 0 radical (unpaired) electrons. The average Bonchev–Trinajstić information content (AvgIpc) is 2.87. The minimum atomic E-state index is 0. The van der Waals surface area contributed by atoms with Crippen LogP contribution < -0.4 is 20.9 Å². The molecule has 6 nitrogen and oxygen atoms in total. The number of hydrogen-bond donors (Lipinski definition) is 2. The van der Waals surface area contributed by atoms with E-state index in [1.807, 2.05) is 24.3 Å². The van der Waals surface area contributed by atoms with Gasteiger partial charge in [0.1, 0.15) is 11.5 Å². The van der Waals surface area contributed by atoms with Crippen molar-refractivity contribution in [3.05, 3.63) is 59.7 Å². The SMILES string of the molecule is Cl.Cl.Cl.Cl.N#Cc1ccc(OCCCCC(N)CSSCC(N)CCCCOc2ccc(C#N)cc2)cc1. The molecular formula is C26H38Cl4N4O2S2. The van der Waals surface area contributed by atoms with Crippen LogP contribution in [0.1, 0.15) is 49.7 Å². The standard InChI is InChI=1S/C26H34N4O2S2.4ClH/c27-17-21-7-11-25(12-8-21)31-15-3-1-5-23(29)19-33-34-20-24(30)6-2-4-16-32-26-13-9-22(18-28)10-14-26;;;;/h7-14,23-24H,1-6,15-16,19-20,29-30H2;4*1H. The first-order valence-electron chi connectivity index (χ1n) is 11.6. The number of nitrogens with zero attached hydrogens (tertiary/aromatic N) is 2. The zero-order valence-corrected chi connectivity index (χ0v) is 26.1. The van der Waals surface area contributed by atoms with Gasteiger partial charge in [-0.15, -0.1) is 49.6 Å². The fourth-order valence-corrected chi connectivity index (χ4v) is 5.59. The fraction of sp³-hybridized carbons (Fsp3) is 0.462. The van der Waals surface area contributed by atoms with Gasteiger partial charge in [0.15, 0.2) is 0 Å². The second kappa shape index (κ2) is 26.0. The van der Waals surface area contributed by atoms with Crippen LogP contribution in [0.25, 0.3) is 0 Å². The molecule has 0 aliphatic carbocycles. The Morgan fingerprint density at radius 3 is 1.26 bits per heavy atom. The molecule has 0 aliphatic rings. The van der Waals surface area contributed by atoms with E-state index >= 15 is 0 Å². The zero-order chi connectivity index (χ0) is 24.4. The molecule has 0 amide bonds. The van der Waals surface area contributed by atoms with Crippen LogP contribution in [0.15, 0.2) is 48.5 Å². The van der Waals surface area contributed by atoms with E-state index in [2.05, 4.69) is 12.1 Å². The Kier molecular flexibility index (Phi) is 28.3. The van der Waals surface area contributed by atoms with Crippen LogP contribution in [-0.4, -0.2) is 36.8 Å². The molecule has 214 valence electrons. The minimum Gasteiger partial charge on any atom is -0.494 e. The van der Waals surface area contributed by atoms with Crippen LogP contribution in [-0.2, 0) is 0 Å². The van der Waals surface area contributed by atoms with E-state index in [0.717, 1.165) is 61.5 Å². The van der Waals surface area contributed by atoms with E-state index in [1.165, 1.54) is 0 Å². The third-order valence-electron chi connectivity index (χ3n) is 5.09. The van der Waals surface area contributed by atoms with Gasteiger partial charge in [0.25, 0.3) is 0 Å². The highest BCUT2D eigenvalue weighted by atomic mass is 35.5. The summed E-state index contributed by atoms with van der Waals surface area (Å²) in [5.41, 5.74) is 13.7. The highest BCUT2D eigenvalue weighted by molar-refractivity contribution is 8.76.